The van der Waals surface area contributed by atoms with Gasteiger partial charge in [0.25, 0.3) is 0 Å². The summed E-state index contributed by atoms with van der Waals surface area (Å²) in [6, 6.07) is 2.65. The second-order valence-corrected chi connectivity index (χ2v) is 8.99. The molecule has 168 valence electrons. The number of hydrogen-bond donors (Lipinski definition) is 2. The average molecular weight is 434 g/mol. The summed E-state index contributed by atoms with van der Waals surface area (Å²) in [5, 5.41) is 5.13. The molecule has 0 aliphatic heterocycles. The molecule has 1 aromatic carbocycles. The van der Waals surface area contributed by atoms with E-state index in [1.807, 2.05) is 0 Å². The van der Waals surface area contributed by atoms with E-state index in [0.29, 0.717) is 18.9 Å². The van der Waals surface area contributed by atoms with Gasteiger partial charge in [-0.15, -0.1) is 0 Å². The minimum absolute atomic E-state index is 0.152. The van der Waals surface area contributed by atoms with Crippen LogP contribution in [0.5, 0.6) is 0 Å². The molecule has 0 heterocycles. The zero-order valence-corrected chi connectivity index (χ0v) is 17.5. The molecule has 0 unspecified atom stereocenters. The second-order valence-electron chi connectivity index (χ2n) is 8.99. The van der Waals surface area contributed by atoms with Crippen molar-refractivity contribution in [1.29, 1.82) is 0 Å². The minimum atomic E-state index is -4.84. The summed E-state index contributed by atoms with van der Waals surface area (Å²) in [4.78, 5) is 24.1. The van der Waals surface area contributed by atoms with Gasteiger partial charge in [-0.2, -0.15) is 13.2 Å². The Morgan fingerprint density at radius 3 is 2.17 bits per heavy atom. The van der Waals surface area contributed by atoms with E-state index in [1.165, 1.54) is 6.07 Å². The quantitative estimate of drug-likeness (QED) is 0.649. The monoisotopic (exact) mass is 434 g/mol. The first-order valence-corrected chi connectivity index (χ1v) is 9.36. The average Bonchev–Trinajstić information content (AvgIpc) is 3.30. The number of alkyl carbamates (subject to hydrolysis) is 2. The number of rotatable bonds is 5. The molecular weight excluding hydrogens is 408 g/mol. The standard InChI is InChI=1S/C20H26F4N2O4/c1-17(2,3)30-16(28)25-18(4,5)11-29-15(27)26-19(8-9-19)12-6-7-14(21)13(10-12)20(22,23)24/h6-7,10H,8-9,11H2,1-5H3,(H,25,28)(H,26,27). The normalized spacial score (nSPS) is 15.9. The van der Waals surface area contributed by atoms with Crippen LogP contribution >= 0.6 is 0 Å². The van der Waals surface area contributed by atoms with Crippen molar-refractivity contribution in [3.63, 3.8) is 0 Å². The Kier molecular flexibility index (Phi) is 6.30. The first kappa shape index (κ1) is 23.8. The second kappa shape index (κ2) is 7.96. The summed E-state index contributed by atoms with van der Waals surface area (Å²) in [5.74, 6) is -1.38. The first-order chi connectivity index (χ1) is 13.5. The SMILES string of the molecule is CC(C)(COC(=O)NC1(c2ccc(F)c(C(F)(F)F)c2)CC1)NC(=O)OC(C)(C)C. The molecule has 10 heteroatoms. The van der Waals surface area contributed by atoms with E-state index in [0.717, 1.165) is 6.07 Å². The van der Waals surface area contributed by atoms with Gasteiger partial charge in [-0.05, 0) is 65.2 Å². The van der Waals surface area contributed by atoms with Crippen LogP contribution in [0.15, 0.2) is 18.2 Å². The molecule has 0 spiro atoms. The van der Waals surface area contributed by atoms with Gasteiger partial charge in [0.15, 0.2) is 0 Å². The fraction of sp³-hybridized carbons (Fsp3) is 0.600. The summed E-state index contributed by atoms with van der Waals surface area (Å²) in [6.07, 6.45) is -5.59. The fourth-order valence-corrected chi connectivity index (χ4v) is 2.74. The highest BCUT2D eigenvalue weighted by molar-refractivity contribution is 5.70. The summed E-state index contributed by atoms with van der Waals surface area (Å²) < 4.78 is 62.7. The molecule has 2 rings (SSSR count). The lowest BCUT2D eigenvalue weighted by atomic mass is 10.0. The molecule has 2 amide bonds. The van der Waals surface area contributed by atoms with Crippen LogP contribution in [-0.4, -0.2) is 29.9 Å². The van der Waals surface area contributed by atoms with Gasteiger partial charge < -0.3 is 20.1 Å². The van der Waals surface area contributed by atoms with Crippen molar-refractivity contribution >= 4 is 12.2 Å². The Morgan fingerprint density at radius 2 is 1.67 bits per heavy atom. The lowest BCUT2D eigenvalue weighted by Gasteiger charge is -2.28. The molecule has 1 fully saturated rings. The number of carbonyl (C=O) groups is 2. The van der Waals surface area contributed by atoms with Crippen molar-refractivity contribution in [1.82, 2.24) is 10.6 Å². The number of halogens is 4. The number of hydrogen-bond acceptors (Lipinski definition) is 4. The Bertz CT molecular complexity index is 812. The predicted molar refractivity (Wildman–Crippen MR) is 100 cm³/mol. The van der Waals surface area contributed by atoms with E-state index in [4.69, 9.17) is 9.47 Å². The van der Waals surface area contributed by atoms with Crippen molar-refractivity contribution in [3.8, 4) is 0 Å². The Hall–Kier alpha value is -2.52. The predicted octanol–water partition coefficient (Wildman–Crippen LogP) is 4.86. The largest absolute Gasteiger partial charge is 0.447 e. The summed E-state index contributed by atoms with van der Waals surface area (Å²) in [6.45, 7) is 8.15. The van der Waals surface area contributed by atoms with Gasteiger partial charge >= 0.3 is 18.4 Å². The Morgan fingerprint density at radius 1 is 1.07 bits per heavy atom. The van der Waals surface area contributed by atoms with E-state index in [-0.39, 0.29) is 12.2 Å². The van der Waals surface area contributed by atoms with E-state index in [2.05, 4.69) is 10.6 Å². The molecule has 1 aromatic rings. The maximum absolute atomic E-state index is 13.5. The van der Waals surface area contributed by atoms with Crippen LogP contribution in [0.1, 0.15) is 58.6 Å². The number of benzene rings is 1. The van der Waals surface area contributed by atoms with Crippen LogP contribution in [-0.2, 0) is 21.2 Å². The molecule has 30 heavy (non-hydrogen) atoms. The number of carbonyl (C=O) groups excluding carboxylic acids is 2. The van der Waals surface area contributed by atoms with Crippen LogP contribution in [0.3, 0.4) is 0 Å². The van der Waals surface area contributed by atoms with Crippen molar-refractivity contribution in [3.05, 3.63) is 35.1 Å². The van der Waals surface area contributed by atoms with Crippen LogP contribution in [0.2, 0.25) is 0 Å². The van der Waals surface area contributed by atoms with Gasteiger partial charge in [0, 0.05) is 0 Å². The van der Waals surface area contributed by atoms with Crippen molar-refractivity contribution in [2.45, 2.75) is 70.3 Å². The van der Waals surface area contributed by atoms with Crippen LogP contribution in [0, 0.1) is 5.82 Å². The molecule has 1 aliphatic rings. The number of amides is 2. The Labute approximate surface area is 172 Å². The van der Waals surface area contributed by atoms with Gasteiger partial charge in [0.2, 0.25) is 0 Å². The van der Waals surface area contributed by atoms with E-state index < -0.39 is 46.4 Å². The van der Waals surface area contributed by atoms with E-state index >= 15 is 0 Å². The number of alkyl halides is 3. The van der Waals surface area contributed by atoms with Gasteiger partial charge in [-0.3, -0.25) is 0 Å². The third kappa shape index (κ3) is 6.50. The fourth-order valence-electron chi connectivity index (χ4n) is 2.74. The van der Waals surface area contributed by atoms with Gasteiger partial charge in [0.1, 0.15) is 18.0 Å². The summed E-state index contributed by atoms with van der Waals surface area (Å²) in [5.41, 5.74) is -3.91. The van der Waals surface area contributed by atoms with Crippen molar-refractivity contribution in [2.75, 3.05) is 6.61 Å². The highest BCUT2D eigenvalue weighted by Gasteiger charge is 2.48. The molecule has 0 atom stereocenters. The van der Waals surface area contributed by atoms with E-state index in [9.17, 15) is 27.2 Å². The minimum Gasteiger partial charge on any atom is -0.447 e. The van der Waals surface area contributed by atoms with Crippen molar-refractivity contribution in [2.24, 2.45) is 0 Å². The smallest absolute Gasteiger partial charge is 0.419 e. The Balaban J connectivity index is 1.97. The zero-order chi connectivity index (χ0) is 23.0. The molecule has 0 radical (unpaired) electrons. The third-order valence-electron chi connectivity index (χ3n) is 4.32. The maximum Gasteiger partial charge on any atom is 0.419 e. The van der Waals surface area contributed by atoms with Crippen LogP contribution in [0.4, 0.5) is 27.2 Å². The van der Waals surface area contributed by atoms with Gasteiger partial charge in [0.05, 0.1) is 16.6 Å². The molecule has 0 bridgehead atoms. The molecule has 2 N–H and O–H groups in total. The lowest BCUT2D eigenvalue weighted by molar-refractivity contribution is -0.140. The molecular formula is C20H26F4N2O4. The topological polar surface area (TPSA) is 76.7 Å². The highest BCUT2D eigenvalue weighted by Crippen LogP contribution is 2.47. The number of nitrogens with one attached hydrogen (secondary N) is 2. The number of ether oxygens (including phenoxy) is 2. The third-order valence-corrected chi connectivity index (χ3v) is 4.32. The molecule has 1 aliphatic carbocycles. The van der Waals surface area contributed by atoms with Crippen LogP contribution in [0.25, 0.3) is 0 Å². The maximum atomic E-state index is 13.5. The first-order valence-electron chi connectivity index (χ1n) is 9.36. The van der Waals surface area contributed by atoms with Crippen molar-refractivity contribution < 1.29 is 36.6 Å². The zero-order valence-electron chi connectivity index (χ0n) is 17.5. The molecule has 0 saturated heterocycles. The highest BCUT2D eigenvalue weighted by atomic mass is 19.4. The molecule has 1 saturated carbocycles. The van der Waals surface area contributed by atoms with Gasteiger partial charge in [-0.1, -0.05) is 6.07 Å². The lowest BCUT2D eigenvalue weighted by Crippen LogP contribution is -2.50. The molecule has 0 aromatic heterocycles. The summed E-state index contributed by atoms with van der Waals surface area (Å²) in [7, 11) is 0. The molecule has 6 nitrogen and oxygen atoms in total. The van der Waals surface area contributed by atoms with E-state index in [1.54, 1.807) is 34.6 Å². The van der Waals surface area contributed by atoms with Crippen LogP contribution < -0.4 is 10.6 Å². The summed E-state index contributed by atoms with van der Waals surface area (Å²) >= 11 is 0. The van der Waals surface area contributed by atoms with Gasteiger partial charge in [-0.25, -0.2) is 14.0 Å².